The maximum Gasteiger partial charge on any atom is 0.340 e. The van der Waals surface area contributed by atoms with Crippen molar-refractivity contribution in [1.82, 2.24) is 4.98 Å². The number of aromatic amines is 1. The second-order valence-corrected chi connectivity index (χ2v) is 7.98. The first-order chi connectivity index (χ1) is 14.4. The maximum absolute atomic E-state index is 14.1. The van der Waals surface area contributed by atoms with Gasteiger partial charge in [0.15, 0.2) is 0 Å². The van der Waals surface area contributed by atoms with E-state index in [1.54, 1.807) is 30.0 Å². The number of aryl methyl sites for hydroxylation is 1. The third-order valence-electron chi connectivity index (χ3n) is 6.04. The SMILES string of the molecule is COC(=O)C1=C(N)Oc2cc(C)[nH]c(=O)c2C12C(=O)N(CC1CC1)c1ccccc12. The topological polar surface area (TPSA) is 115 Å². The van der Waals surface area contributed by atoms with E-state index in [0.717, 1.165) is 12.8 Å². The van der Waals surface area contributed by atoms with Crippen LogP contribution in [0, 0.1) is 12.8 Å². The van der Waals surface area contributed by atoms with Crippen LogP contribution in [-0.2, 0) is 19.7 Å². The van der Waals surface area contributed by atoms with Crippen LogP contribution in [-0.4, -0.2) is 30.5 Å². The van der Waals surface area contributed by atoms with Gasteiger partial charge in [0.25, 0.3) is 5.56 Å². The number of hydrogen-bond acceptors (Lipinski definition) is 6. The summed E-state index contributed by atoms with van der Waals surface area (Å²) in [6, 6.07) is 8.79. The summed E-state index contributed by atoms with van der Waals surface area (Å²) >= 11 is 0. The van der Waals surface area contributed by atoms with Gasteiger partial charge in [0.2, 0.25) is 11.8 Å². The molecule has 8 nitrogen and oxygen atoms in total. The number of hydrogen-bond donors (Lipinski definition) is 2. The third-order valence-corrected chi connectivity index (χ3v) is 6.04. The number of methoxy groups -OCH3 is 1. The molecule has 1 amide bonds. The van der Waals surface area contributed by atoms with E-state index in [0.29, 0.717) is 29.4 Å². The van der Waals surface area contributed by atoms with Crippen LogP contribution in [0.25, 0.3) is 0 Å². The van der Waals surface area contributed by atoms with Crippen molar-refractivity contribution in [2.45, 2.75) is 25.2 Å². The Hall–Kier alpha value is -3.55. The summed E-state index contributed by atoms with van der Waals surface area (Å²) in [7, 11) is 1.21. The van der Waals surface area contributed by atoms with Crippen molar-refractivity contribution in [3.05, 3.63) is 69.0 Å². The molecule has 0 radical (unpaired) electrons. The molecule has 30 heavy (non-hydrogen) atoms. The smallest absolute Gasteiger partial charge is 0.340 e. The molecule has 5 rings (SSSR count). The summed E-state index contributed by atoms with van der Waals surface area (Å²) in [5.41, 5.74) is 5.58. The molecule has 2 aliphatic heterocycles. The minimum absolute atomic E-state index is 0.0541. The van der Waals surface area contributed by atoms with Crippen molar-refractivity contribution >= 4 is 17.6 Å². The summed E-state index contributed by atoms with van der Waals surface area (Å²) in [6.45, 7) is 2.23. The number of esters is 1. The van der Waals surface area contributed by atoms with E-state index in [4.69, 9.17) is 15.2 Å². The maximum atomic E-state index is 14.1. The first-order valence-electron chi connectivity index (χ1n) is 9.81. The first kappa shape index (κ1) is 18.5. The van der Waals surface area contributed by atoms with E-state index in [-0.39, 0.29) is 22.8 Å². The summed E-state index contributed by atoms with van der Waals surface area (Å²) in [6.07, 6.45) is 2.08. The molecule has 1 fully saturated rings. The number of amides is 1. The number of para-hydroxylation sites is 1. The lowest BCUT2D eigenvalue weighted by Crippen LogP contribution is -2.51. The molecule has 1 aromatic carbocycles. The van der Waals surface area contributed by atoms with Crippen LogP contribution >= 0.6 is 0 Å². The lowest BCUT2D eigenvalue weighted by Gasteiger charge is -2.35. The third kappa shape index (κ3) is 2.30. The van der Waals surface area contributed by atoms with E-state index in [2.05, 4.69) is 4.98 Å². The summed E-state index contributed by atoms with van der Waals surface area (Å²) < 4.78 is 10.7. The van der Waals surface area contributed by atoms with Crippen molar-refractivity contribution in [3.63, 3.8) is 0 Å². The normalized spacial score (nSPS) is 22.1. The van der Waals surface area contributed by atoms with Crippen LogP contribution in [0.5, 0.6) is 5.75 Å². The molecule has 1 aliphatic carbocycles. The Balaban J connectivity index is 1.89. The van der Waals surface area contributed by atoms with Crippen LogP contribution in [0.15, 0.2) is 46.6 Å². The Morgan fingerprint density at radius 1 is 1.33 bits per heavy atom. The standard InChI is InChI=1S/C22H21N3O5/c1-11-9-15-16(19(26)24-11)22(17(18(23)30-15)20(27)29-2)13-5-3-4-6-14(13)25(21(22)28)10-12-7-8-12/h3-6,9,12H,7-8,10,23H2,1-2H3,(H,24,26). The number of nitrogens with zero attached hydrogens (tertiary/aromatic N) is 1. The van der Waals surface area contributed by atoms with E-state index in [9.17, 15) is 14.4 Å². The van der Waals surface area contributed by atoms with E-state index in [1.807, 2.05) is 12.1 Å². The molecule has 154 valence electrons. The van der Waals surface area contributed by atoms with Gasteiger partial charge in [-0.2, -0.15) is 0 Å². The molecule has 1 saturated carbocycles. The predicted octanol–water partition coefficient (Wildman–Crippen LogP) is 1.46. The largest absolute Gasteiger partial charge is 0.465 e. The number of nitrogens with one attached hydrogen (secondary N) is 1. The Morgan fingerprint density at radius 3 is 2.77 bits per heavy atom. The van der Waals surface area contributed by atoms with Crippen LogP contribution in [0.3, 0.4) is 0 Å². The second-order valence-electron chi connectivity index (χ2n) is 7.98. The van der Waals surface area contributed by atoms with Gasteiger partial charge >= 0.3 is 5.97 Å². The minimum atomic E-state index is -1.72. The number of pyridine rings is 1. The number of aromatic nitrogens is 1. The lowest BCUT2D eigenvalue weighted by atomic mass is 9.68. The van der Waals surface area contributed by atoms with Crippen molar-refractivity contribution < 1.29 is 19.1 Å². The quantitative estimate of drug-likeness (QED) is 0.745. The fourth-order valence-electron chi connectivity index (χ4n) is 4.61. The molecule has 0 bridgehead atoms. The van der Waals surface area contributed by atoms with Gasteiger partial charge in [-0.1, -0.05) is 18.2 Å². The molecule has 1 spiro atoms. The summed E-state index contributed by atoms with van der Waals surface area (Å²) in [5.74, 6) is -0.878. The summed E-state index contributed by atoms with van der Waals surface area (Å²) in [4.78, 5) is 44.6. The average molecular weight is 407 g/mol. The Kier molecular flexibility index (Phi) is 3.83. The molecular formula is C22H21N3O5. The molecule has 3 heterocycles. The number of carbonyl (C=O) groups excluding carboxylic acids is 2. The Morgan fingerprint density at radius 2 is 2.07 bits per heavy atom. The lowest BCUT2D eigenvalue weighted by molar-refractivity contribution is -0.138. The molecule has 8 heteroatoms. The highest BCUT2D eigenvalue weighted by atomic mass is 16.5. The number of nitrogens with two attached hydrogens (primary N) is 1. The number of H-pyrrole nitrogens is 1. The van der Waals surface area contributed by atoms with Crippen molar-refractivity contribution in [3.8, 4) is 5.75 Å². The number of ether oxygens (including phenoxy) is 2. The van der Waals surface area contributed by atoms with Crippen LogP contribution < -0.4 is 20.9 Å². The van der Waals surface area contributed by atoms with E-state index >= 15 is 0 Å². The molecule has 3 aliphatic rings. The van der Waals surface area contributed by atoms with E-state index in [1.165, 1.54) is 7.11 Å². The Bertz CT molecular complexity index is 1190. The van der Waals surface area contributed by atoms with Crippen molar-refractivity contribution in [2.75, 3.05) is 18.6 Å². The Labute approximate surface area is 172 Å². The fourth-order valence-corrected chi connectivity index (χ4v) is 4.61. The van der Waals surface area contributed by atoms with Crippen LogP contribution in [0.1, 0.15) is 29.7 Å². The highest BCUT2D eigenvalue weighted by molar-refractivity contribution is 6.18. The fraction of sp³-hybridized carbons (Fsp3) is 0.318. The summed E-state index contributed by atoms with van der Waals surface area (Å²) in [5, 5.41) is 0. The molecule has 1 aromatic heterocycles. The van der Waals surface area contributed by atoms with Gasteiger partial charge in [0, 0.05) is 29.6 Å². The number of rotatable bonds is 3. The molecule has 1 unspecified atom stereocenters. The first-order valence-corrected chi connectivity index (χ1v) is 9.81. The van der Waals surface area contributed by atoms with Gasteiger partial charge in [0.1, 0.15) is 16.7 Å². The number of fused-ring (bicyclic) bond motifs is 4. The van der Waals surface area contributed by atoms with Gasteiger partial charge < -0.3 is 25.1 Å². The molecule has 0 saturated heterocycles. The second kappa shape index (κ2) is 6.22. The van der Waals surface area contributed by atoms with Gasteiger partial charge in [-0.25, -0.2) is 4.79 Å². The average Bonchev–Trinajstić information content (AvgIpc) is 3.50. The van der Waals surface area contributed by atoms with Crippen molar-refractivity contribution in [2.24, 2.45) is 11.7 Å². The number of anilines is 1. The van der Waals surface area contributed by atoms with Crippen LogP contribution in [0.4, 0.5) is 5.69 Å². The van der Waals surface area contributed by atoms with Gasteiger partial charge in [-0.3, -0.25) is 9.59 Å². The highest BCUT2D eigenvalue weighted by Crippen LogP contribution is 2.55. The zero-order valence-corrected chi connectivity index (χ0v) is 16.7. The zero-order valence-electron chi connectivity index (χ0n) is 16.7. The predicted molar refractivity (Wildman–Crippen MR) is 108 cm³/mol. The monoisotopic (exact) mass is 407 g/mol. The zero-order chi connectivity index (χ0) is 21.2. The minimum Gasteiger partial charge on any atom is -0.465 e. The van der Waals surface area contributed by atoms with Crippen LogP contribution in [0.2, 0.25) is 0 Å². The van der Waals surface area contributed by atoms with E-state index < -0.39 is 22.9 Å². The molecule has 3 N–H and O–H groups in total. The number of benzene rings is 1. The molecular weight excluding hydrogens is 386 g/mol. The van der Waals surface area contributed by atoms with Gasteiger partial charge in [0.05, 0.1) is 12.7 Å². The van der Waals surface area contributed by atoms with Gasteiger partial charge in [-0.15, -0.1) is 0 Å². The van der Waals surface area contributed by atoms with Gasteiger partial charge in [-0.05, 0) is 31.7 Å². The molecule has 1 atom stereocenters. The highest BCUT2D eigenvalue weighted by Gasteiger charge is 2.62. The molecule has 2 aromatic rings. The van der Waals surface area contributed by atoms with Crippen molar-refractivity contribution in [1.29, 1.82) is 0 Å². The number of carbonyl (C=O) groups is 2.